The number of rotatable bonds is 3. The summed E-state index contributed by atoms with van der Waals surface area (Å²) < 4.78 is 5.63. The third-order valence-corrected chi connectivity index (χ3v) is 6.26. The fourth-order valence-electron chi connectivity index (χ4n) is 4.25. The lowest BCUT2D eigenvalue weighted by Gasteiger charge is -2.35. The van der Waals surface area contributed by atoms with Gasteiger partial charge < -0.3 is 9.72 Å². The highest BCUT2D eigenvalue weighted by molar-refractivity contribution is 6.31. The molecule has 166 valence electrons. The lowest BCUT2D eigenvalue weighted by molar-refractivity contribution is -0.729. The van der Waals surface area contributed by atoms with E-state index in [9.17, 15) is 14.9 Å². The van der Waals surface area contributed by atoms with Crippen LogP contribution < -0.4 is 4.74 Å². The minimum absolute atomic E-state index is 0.0912. The van der Waals surface area contributed by atoms with Crippen LogP contribution in [0.15, 0.2) is 66.7 Å². The summed E-state index contributed by atoms with van der Waals surface area (Å²) in [6.07, 6.45) is 0.103. The van der Waals surface area contributed by atoms with Gasteiger partial charge >= 0.3 is 11.8 Å². The molecular formula is C24H18Cl2N3O4+. The van der Waals surface area contributed by atoms with E-state index in [1.807, 2.05) is 18.2 Å². The van der Waals surface area contributed by atoms with Crippen molar-refractivity contribution in [3.05, 3.63) is 98.5 Å². The molecule has 1 aromatic heterocycles. The summed E-state index contributed by atoms with van der Waals surface area (Å²) in [6, 6.07) is 18.1. The fraction of sp³-hybridized carbons (Fsp3) is 0.125. The van der Waals surface area contributed by atoms with Crippen molar-refractivity contribution < 1.29 is 19.7 Å². The molecule has 2 heterocycles. The monoisotopic (exact) mass is 482 g/mol. The number of nitrogens with one attached hydrogen (secondary N) is 1. The molecule has 1 aliphatic rings. The van der Waals surface area contributed by atoms with Gasteiger partial charge in [0.15, 0.2) is 0 Å². The second-order valence-corrected chi connectivity index (χ2v) is 8.61. The molecule has 0 aliphatic carbocycles. The summed E-state index contributed by atoms with van der Waals surface area (Å²) in [5.41, 5.74) is 3.69. The van der Waals surface area contributed by atoms with Crippen molar-refractivity contribution >= 4 is 45.9 Å². The Labute approximate surface area is 198 Å². The molecule has 33 heavy (non-hydrogen) atoms. The first-order valence-electron chi connectivity index (χ1n) is 10.2. The molecule has 0 saturated carbocycles. The third kappa shape index (κ3) is 4.01. The van der Waals surface area contributed by atoms with E-state index in [0.29, 0.717) is 28.8 Å². The van der Waals surface area contributed by atoms with E-state index >= 15 is 0 Å². The van der Waals surface area contributed by atoms with Crippen LogP contribution in [0.5, 0.6) is 5.75 Å². The Morgan fingerprint density at radius 3 is 2.42 bits per heavy atom. The van der Waals surface area contributed by atoms with E-state index in [2.05, 4.69) is 4.98 Å². The average molecular weight is 483 g/mol. The highest BCUT2D eigenvalue weighted by Gasteiger charge is 2.36. The van der Waals surface area contributed by atoms with Crippen molar-refractivity contribution in [1.82, 2.24) is 9.88 Å². The van der Waals surface area contributed by atoms with Gasteiger partial charge in [0.25, 0.3) is 4.92 Å². The predicted molar refractivity (Wildman–Crippen MR) is 125 cm³/mol. The van der Waals surface area contributed by atoms with E-state index in [1.165, 1.54) is 12.1 Å². The lowest BCUT2D eigenvalue weighted by Crippen LogP contribution is -2.42. The number of carbonyl (C=O) groups excluding carboxylic acids is 1. The van der Waals surface area contributed by atoms with Gasteiger partial charge in [0.1, 0.15) is 11.8 Å². The van der Waals surface area contributed by atoms with Gasteiger partial charge in [-0.15, -0.1) is 0 Å². The number of fused-ring (bicyclic) bond motifs is 3. The number of ether oxygens (including phenoxy) is 1. The second-order valence-electron chi connectivity index (χ2n) is 7.74. The Bertz CT molecular complexity index is 1370. The van der Waals surface area contributed by atoms with Crippen LogP contribution in [0.3, 0.4) is 0 Å². The summed E-state index contributed by atoms with van der Waals surface area (Å²) in [7, 11) is 0. The molecule has 7 nitrogen and oxygen atoms in total. The summed E-state index contributed by atoms with van der Waals surface area (Å²) in [5, 5.41) is 11.4. The largest absolute Gasteiger partial charge is 0.416 e. The number of nitrogens with zero attached hydrogens (tertiary/aromatic N) is 2. The molecule has 0 spiro atoms. The van der Waals surface area contributed by atoms with Gasteiger partial charge in [0.05, 0.1) is 4.91 Å². The second kappa shape index (κ2) is 8.42. The van der Waals surface area contributed by atoms with Gasteiger partial charge in [0.2, 0.25) is 0 Å². The molecular weight excluding hydrogens is 465 g/mol. The number of halogens is 2. The van der Waals surface area contributed by atoms with Crippen LogP contribution in [-0.4, -0.2) is 32.7 Å². The highest BCUT2D eigenvalue weighted by atomic mass is 35.5. The summed E-state index contributed by atoms with van der Waals surface area (Å²) in [5.74, 6) is 0.384. The minimum atomic E-state index is -0.513. The van der Waals surface area contributed by atoms with Crippen LogP contribution in [0, 0.1) is 4.91 Å². The van der Waals surface area contributed by atoms with Crippen molar-refractivity contribution in [3.63, 3.8) is 0 Å². The smallest absolute Gasteiger partial charge is 0.410 e. The van der Waals surface area contributed by atoms with E-state index in [1.54, 1.807) is 41.3 Å². The fourth-order valence-corrected chi connectivity index (χ4v) is 4.55. The van der Waals surface area contributed by atoms with E-state index in [-0.39, 0.29) is 10.6 Å². The first-order chi connectivity index (χ1) is 15.9. The highest BCUT2D eigenvalue weighted by Crippen LogP contribution is 2.40. The van der Waals surface area contributed by atoms with Crippen molar-refractivity contribution in [2.24, 2.45) is 0 Å². The van der Waals surface area contributed by atoms with Crippen LogP contribution in [-0.2, 0) is 6.42 Å². The molecule has 4 aromatic rings. The summed E-state index contributed by atoms with van der Waals surface area (Å²) in [6.45, 7) is 0.416. The molecule has 1 aliphatic heterocycles. The SMILES string of the molecule is O=C(Oc1ccc(Cl)cc1)N1CCc2c([nH]c3ccc(Cl)cc23)C1c1ccc([N+](=O)O)cc1. The maximum absolute atomic E-state index is 13.2. The molecule has 9 heteroatoms. The van der Waals surface area contributed by atoms with E-state index < -0.39 is 12.1 Å². The number of aromatic nitrogens is 1. The predicted octanol–water partition coefficient (Wildman–Crippen LogP) is 6.42. The van der Waals surface area contributed by atoms with Gasteiger partial charge in [-0.05, 0) is 72.1 Å². The normalized spacial score (nSPS) is 15.3. The van der Waals surface area contributed by atoms with Crippen LogP contribution in [0.25, 0.3) is 10.9 Å². The lowest BCUT2D eigenvalue weighted by atomic mass is 9.92. The van der Waals surface area contributed by atoms with Gasteiger partial charge in [-0.25, -0.2) is 10.0 Å². The molecule has 0 fully saturated rings. The van der Waals surface area contributed by atoms with E-state index in [0.717, 1.165) is 27.7 Å². The zero-order chi connectivity index (χ0) is 23.1. The van der Waals surface area contributed by atoms with Crippen LogP contribution in [0.4, 0.5) is 10.5 Å². The topological polar surface area (TPSA) is 85.6 Å². The standard InChI is InChI=1S/C24H18Cl2N3O4/c25-15-3-8-18(9-4-15)33-24(30)28-12-11-19-20-13-16(26)5-10-21(20)27-22(19)23(28)14-1-6-17(7-2-14)29(31)32/h1-10,13,23,27H,11-12H2,(H,31,32)/q+1. The zero-order valence-electron chi connectivity index (χ0n) is 17.2. The maximum Gasteiger partial charge on any atom is 0.416 e. The van der Waals surface area contributed by atoms with E-state index in [4.69, 9.17) is 27.9 Å². The maximum atomic E-state index is 13.2. The van der Waals surface area contributed by atoms with Gasteiger partial charge in [-0.1, -0.05) is 23.2 Å². The molecule has 2 N–H and O–H groups in total. The Morgan fingerprint density at radius 1 is 1.03 bits per heavy atom. The van der Waals surface area contributed by atoms with Crippen LogP contribution in [0.2, 0.25) is 10.0 Å². The number of H-pyrrole nitrogens is 1. The van der Waals surface area contributed by atoms with Crippen LogP contribution in [0.1, 0.15) is 22.9 Å². The first kappa shape index (κ1) is 21.3. The Morgan fingerprint density at radius 2 is 1.73 bits per heavy atom. The Hall–Kier alpha value is -3.55. The number of aromatic amines is 1. The Kier molecular flexibility index (Phi) is 5.44. The van der Waals surface area contributed by atoms with Gasteiger partial charge in [0, 0.05) is 45.3 Å². The molecule has 1 amide bonds. The number of hydrogen-bond acceptors (Lipinski definition) is 3. The summed E-state index contributed by atoms with van der Waals surface area (Å²) in [4.78, 5) is 29.3. The number of amides is 1. The van der Waals surface area contributed by atoms with Crippen LogP contribution >= 0.6 is 23.2 Å². The quantitative estimate of drug-likeness (QED) is 0.329. The number of benzene rings is 3. The molecule has 0 bridgehead atoms. The van der Waals surface area contributed by atoms with Crippen molar-refractivity contribution in [1.29, 1.82) is 0 Å². The average Bonchev–Trinajstić information content (AvgIpc) is 3.17. The Balaban J connectivity index is 1.58. The van der Waals surface area contributed by atoms with Crippen molar-refractivity contribution in [3.8, 4) is 5.75 Å². The minimum Gasteiger partial charge on any atom is -0.410 e. The van der Waals surface area contributed by atoms with Gasteiger partial charge in [-0.2, -0.15) is 0 Å². The summed E-state index contributed by atoms with van der Waals surface area (Å²) >= 11 is 12.2. The number of hydrogen-bond donors (Lipinski definition) is 2. The first-order valence-corrected chi connectivity index (χ1v) is 11.0. The molecule has 3 aromatic carbocycles. The van der Waals surface area contributed by atoms with Crippen molar-refractivity contribution in [2.45, 2.75) is 12.5 Å². The third-order valence-electron chi connectivity index (χ3n) is 5.77. The zero-order valence-corrected chi connectivity index (χ0v) is 18.7. The molecule has 0 radical (unpaired) electrons. The van der Waals surface area contributed by atoms with Crippen molar-refractivity contribution in [2.75, 3.05) is 6.54 Å². The molecule has 1 atom stereocenters. The number of carbonyl (C=O) groups is 1. The van der Waals surface area contributed by atoms with Gasteiger partial charge in [-0.3, -0.25) is 4.90 Å². The molecule has 0 saturated heterocycles. The molecule has 5 rings (SSSR count). The molecule has 1 unspecified atom stereocenters.